The molecule has 1 heterocycles. The van der Waals surface area contributed by atoms with Gasteiger partial charge in [0, 0.05) is 19.6 Å². The van der Waals surface area contributed by atoms with Gasteiger partial charge in [0.15, 0.2) is 0 Å². The van der Waals surface area contributed by atoms with Crippen LogP contribution in [-0.2, 0) is 4.79 Å². The molecule has 5 heteroatoms. The van der Waals surface area contributed by atoms with Gasteiger partial charge in [-0.15, -0.1) is 0 Å². The van der Waals surface area contributed by atoms with Gasteiger partial charge in [-0.25, -0.2) is 0 Å². The lowest BCUT2D eigenvalue weighted by molar-refractivity contribution is -0.123. The van der Waals surface area contributed by atoms with Gasteiger partial charge in [0.2, 0.25) is 5.91 Å². The first kappa shape index (κ1) is 12.9. The van der Waals surface area contributed by atoms with Crippen LogP contribution < -0.4 is 5.32 Å². The molecule has 1 amide bonds. The summed E-state index contributed by atoms with van der Waals surface area (Å²) in [6.45, 7) is 4.11. The molecule has 1 saturated heterocycles. The summed E-state index contributed by atoms with van der Waals surface area (Å²) >= 11 is 0. The smallest absolute Gasteiger partial charge is 0.234 e. The third-order valence-corrected chi connectivity index (χ3v) is 2.86. The number of carbonyl (C=O) groups excluding carboxylic acids is 1. The molecule has 5 nitrogen and oxygen atoms in total. The van der Waals surface area contributed by atoms with Crippen LogP contribution >= 0.6 is 0 Å². The van der Waals surface area contributed by atoms with Crippen molar-refractivity contribution in [2.75, 3.05) is 26.2 Å². The first-order chi connectivity index (χ1) is 7.53. The van der Waals surface area contributed by atoms with Gasteiger partial charge < -0.3 is 10.4 Å². The number of nitriles is 1. The molecule has 2 N–H and O–H groups in total. The van der Waals surface area contributed by atoms with E-state index in [1.54, 1.807) is 0 Å². The Morgan fingerprint density at radius 3 is 2.75 bits per heavy atom. The molecule has 1 aliphatic heterocycles. The molecule has 90 valence electrons. The first-order valence-corrected chi connectivity index (χ1v) is 5.62. The van der Waals surface area contributed by atoms with Crippen molar-refractivity contribution in [2.24, 2.45) is 0 Å². The predicted octanol–water partition coefficient (Wildman–Crippen LogP) is -0.137. The van der Waals surface area contributed by atoms with Gasteiger partial charge in [0.1, 0.15) is 0 Å². The monoisotopic (exact) mass is 225 g/mol. The summed E-state index contributed by atoms with van der Waals surface area (Å²) in [7, 11) is 0. The summed E-state index contributed by atoms with van der Waals surface area (Å²) in [6, 6.07) is 1.98. The molecule has 1 fully saturated rings. The van der Waals surface area contributed by atoms with Gasteiger partial charge in [-0.2, -0.15) is 5.26 Å². The Balaban J connectivity index is 2.19. The summed E-state index contributed by atoms with van der Waals surface area (Å²) in [5.74, 6) is -0.0446. The Hall–Kier alpha value is -1.12. The maximum atomic E-state index is 11.4. The van der Waals surface area contributed by atoms with Crippen LogP contribution in [0.15, 0.2) is 0 Å². The van der Waals surface area contributed by atoms with Crippen LogP contribution in [0.4, 0.5) is 0 Å². The van der Waals surface area contributed by atoms with E-state index < -0.39 is 5.60 Å². The van der Waals surface area contributed by atoms with E-state index in [4.69, 9.17) is 5.26 Å². The highest BCUT2D eigenvalue weighted by Gasteiger charge is 2.27. The molecular formula is C11H19N3O2. The quantitative estimate of drug-likeness (QED) is 0.653. The second kappa shape index (κ2) is 5.83. The van der Waals surface area contributed by atoms with Crippen molar-refractivity contribution in [1.29, 1.82) is 5.26 Å². The number of aliphatic hydroxyl groups is 1. The summed E-state index contributed by atoms with van der Waals surface area (Å²) < 4.78 is 0. The number of rotatable bonds is 4. The van der Waals surface area contributed by atoms with Crippen LogP contribution in [0.1, 0.15) is 26.2 Å². The van der Waals surface area contributed by atoms with Crippen molar-refractivity contribution >= 4 is 5.91 Å². The molecule has 0 atom stereocenters. The van der Waals surface area contributed by atoms with Crippen LogP contribution in [-0.4, -0.2) is 47.7 Å². The lowest BCUT2D eigenvalue weighted by Crippen LogP contribution is -2.46. The number of hydrogen-bond donors (Lipinski definition) is 2. The number of piperidine rings is 1. The zero-order valence-corrected chi connectivity index (χ0v) is 9.70. The number of nitrogens with one attached hydrogen (secondary N) is 1. The minimum Gasteiger partial charge on any atom is -0.390 e. The number of likely N-dealkylation sites (tertiary alicyclic amines) is 1. The molecule has 1 rings (SSSR count). The lowest BCUT2D eigenvalue weighted by atomic mass is 9.94. The van der Waals surface area contributed by atoms with Crippen molar-refractivity contribution in [2.45, 2.75) is 31.8 Å². The molecule has 0 aromatic heterocycles. The largest absolute Gasteiger partial charge is 0.390 e. The van der Waals surface area contributed by atoms with E-state index in [1.165, 1.54) is 0 Å². The van der Waals surface area contributed by atoms with Crippen LogP contribution in [0.2, 0.25) is 0 Å². The molecular weight excluding hydrogens is 206 g/mol. The summed E-state index contributed by atoms with van der Waals surface area (Å²) in [4.78, 5) is 13.5. The SMILES string of the molecule is CC1(O)CCN(CC(=O)NCCC#N)CC1. The fourth-order valence-corrected chi connectivity index (χ4v) is 1.71. The molecule has 0 radical (unpaired) electrons. The maximum absolute atomic E-state index is 11.4. The average Bonchev–Trinajstić information content (AvgIpc) is 2.22. The van der Waals surface area contributed by atoms with Crippen molar-refractivity contribution < 1.29 is 9.90 Å². The molecule has 0 spiro atoms. The van der Waals surface area contributed by atoms with E-state index in [-0.39, 0.29) is 5.91 Å². The van der Waals surface area contributed by atoms with Gasteiger partial charge in [-0.05, 0) is 19.8 Å². The van der Waals surface area contributed by atoms with Crippen LogP contribution in [0.5, 0.6) is 0 Å². The van der Waals surface area contributed by atoms with E-state index in [1.807, 2.05) is 17.9 Å². The molecule has 0 bridgehead atoms. The van der Waals surface area contributed by atoms with Gasteiger partial charge in [-0.3, -0.25) is 9.69 Å². The minimum atomic E-state index is -0.576. The van der Waals surface area contributed by atoms with Gasteiger partial charge >= 0.3 is 0 Å². The van der Waals surface area contributed by atoms with Crippen LogP contribution in [0.25, 0.3) is 0 Å². The van der Waals surface area contributed by atoms with Crippen molar-refractivity contribution in [1.82, 2.24) is 10.2 Å². The number of amides is 1. The third kappa shape index (κ3) is 4.60. The molecule has 0 aromatic rings. The van der Waals surface area contributed by atoms with Crippen molar-refractivity contribution in [3.05, 3.63) is 0 Å². The Labute approximate surface area is 96.0 Å². The number of carbonyl (C=O) groups is 1. The maximum Gasteiger partial charge on any atom is 0.234 e. The highest BCUT2D eigenvalue weighted by Crippen LogP contribution is 2.20. The summed E-state index contributed by atoms with van der Waals surface area (Å²) in [5.41, 5.74) is -0.576. The Morgan fingerprint density at radius 1 is 1.56 bits per heavy atom. The Bertz CT molecular complexity index is 273. The van der Waals surface area contributed by atoms with Gasteiger partial charge in [-0.1, -0.05) is 0 Å². The van der Waals surface area contributed by atoms with E-state index in [0.717, 1.165) is 13.1 Å². The second-order valence-corrected chi connectivity index (χ2v) is 4.53. The fraction of sp³-hybridized carbons (Fsp3) is 0.818. The van der Waals surface area contributed by atoms with E-state index in [0.29, 0.717) is 32.4 Å². The molecule has 0 saturated carbocycles. The van der Waals surface area contributed by atoms with Crippen molar-refractivity contribution in [3.8, 4) is 6.07 Å². The summed E-state index contributed by atoms with van der Waals surface area (Å²) in [6.07, 6.45) is 1.76. The number of nitrogens with zero attached hydrogens (tertiary/aromatic N) is 2. The minimum absolute atomic E-state index is 0.0446. The highest BCUT2D eigenvalue weighted by atomic mass is 16.3. The molecule has 0 aromatic carbocycles. The van der Waals surface area contributed by atoms with Gasteiger partial charge in [0.05, 0.1) is 24.6 Å². The zero-order valence-electron chi connectivity index (χ0n) is 9.70. The third-order valence-electron chi connectivity index (χ3n) is 2.86. The summed E-state index contributed by atoms with van der Waals surface area (Å²) in [5, 5.41) is 20.7. The standard InChI is InChI=1S/C11H19N3O2/c1-11(16)3-7-14(8-4-11)9-10(15)13-6-2-5-12/h16H,2-4,6-9H2,1H3,(H,13,15). The molecule has 0 unspecified atom stereocenters. The van der Waals surface area contributed by atoms with Crippen LogP contribution in [0.3, 0.4) is 0 Å². The average molecular weight is 225 g/mol. The zero-order chi connectivity index (χ0) is 12.0. The normalized spacial score (nSPS) is 20.1. The number of hydrogen-bond acceptors (Lipinski definition) is 4. The Morgan fingerprint density at radius 2 is 2.19 bits per heavy atom. The van der Waals surface area contributed by atoms with E-state index >= 15 is 0 Å². The first-order valence-electron chi connectivity index (χ1n) is 5.62. The van der Waals surface area contributed by atoms with Crippen molar-refractivity contribution in [3.63, 3.8) is 0 Å². The van der Waals surface area contributed by atoms with Crippen LogP contribution in [0, 0.1) is 11.3 Å². The second-order valence-electron chi connectivity index (χ2n) is 4.53. The Kier molecular flexibility index (Phi) is 4.71. The van der Waals surface area contributed by atoms with E-state index in [2.05, 4.69) is 5.32 Å². The lowest BCUT2D eigenvalue weighted by Gasteiger charge is -2.35. The molecule has 0 aliphatic carbocycles. The predicted molar refractivity (Wildman–Crippen MR) is 59.5 cm³/mol. The van der Waals surface area contributed by atoms with Gasteiger partial charge in [0.25, 0.3) is 0 Å². The van der Waals surface area contributed by atoms with E-state index in [9.17, 15) is 9.90 Å². The topological polar surface area (TPSA) is 76.4 Å². The molecule has 16 heavy (non-hydrogen) atoms. The highest BCUT2D eigenvalue weighted by molar-refractivity contribution is 5.78. The fourth-order valence-electron chi connectivity index (χ4n) is 1.71. The molecule has 1 aliphatic rings.